The number of rotatable bonds is 3. The third kappa shape index (κ3) is 2.42. The summed E-state index contributed by atoms with van der Waals surface area (Å²) < 4.78 is 56.7. The summed E-state index contributed by atoms with van der Waals surface area (Å²) in [5, 5.41) is 5.70. The van der Waals surface area contributed by atoms with Gasteiger partial charge in [0.15, 0.2) is 5.78 Å². The van der Waals surface area contributed by atoms with Gasteiger partial charge in [-0.05, 0) is 30.2 Å². The van der Waals surface area contributed by atoms with Crippen molar-refractivity contribution in [3.05, 3.63) is 40.8 Å². The van der Waals surface area contributed by atoms with Crippen molar-refractivity contribution in [1.82, 2.24) is 5.32 Å². The summed E-state index contributed by atoms with van der Waals surface area (Å²) in [7, 11) is 0. The second kappa shape index (κ2) is 5.88. The molecule has 0 saturated heterocycles. The molecule has 0 aromatic heterocycles. The standard InChI is InChI=1S/C17H18F4N2O/c1-2-3-6-16(17(19,20)21)11-7-10(18)4-5-12(11)23-13-8-22-9-14(24)15(13)16/h4-5,7,22-23H,2-3,6,8-9H2,1H3. The fourth-order valence-electron chi connectivity index (χ4n) is 3.66. The van der Waals surface area contributed by atoms with E-state index in [1.165, 1.54) is 6.07 Å². The Balaban J connectivity index is 2.33. The molecule has 1 unspecified atom stereocenters. The van der Waals surface area contributed by atoms with Crippen LogP contribution in [0, 0.1) is 5.82 Å². The van der Waals surface area contributed by atoms with Crippen molar-refractivity contribution in [2.75, 3.05) is 18.4 Å². The zero-order chi connectivity index (χ0) is 17.5. The third-order valence-electron chi connectivity index (χ3n) is 4.71. The first kappa shape index (κ1) is 17.0. The number of nitrogens with one attached hydrogen (secondary N) is 2. The van der Waals surface area contributed by atoms with Crippen molar-refractivity contribution in [1.29, 1.82) is 0 Å². The SMILES string of the molecule is CCCCC1(C(F)(F)F)C2=C(CNCC2=O)Nc2ccc(F)cc21. The number of anilines is 1. The van der Waals surface area contributed by atoms with Crippen LogP contribution in [0.4, 0.5) is 23.2 Å². The number of halogens is 4. The van der Waals surface area contributed by atoms with Gasteiger partial charge in [-0.25, -0.2) is 4.39 Å². The quantitative estimate of drug-likeness (QED) is 0.824. The number of carbonyl (C=O) groups excluding carboxylic acids is 1. The van der Waals surface area contributed by atoms with Crippen LogP contribution < -0.4 is 10.6 Å². The minimum Gasteiger partial charge on any atom is -0.357 e. The van der Waals surface area contributed by atoms with E-state index in [2.05, 4.69) is 10.6 Å². The summed E-state index contributed by atoms with van der Waals surface area (Å²) in [6.45, 7) is 1.80. The lowest BCUT2D eigenvalue weighted by Crippen LogP contribution is -2.53. The van der Waals surface area contributed by atoms with Crippen LogP contribution in [0.3, 0.4) is 0 Å². The van der Waals surface area contributed by atoms with E-state index in [1.807, 2.05) is 0 Å². The molecule has 2 N–H and O–H groups in total. The van der Waals surface area contributed by atoms with E-state index >= 15 is 0 Å². The number of unbranched alkanes of at least 4 members (excludes halogenated alkanes) is 1. The van der Waals surface area contributed by atoms with Gasteiger partial charge in [-0.3, -0.25) is 4.79 Å². The van der Waals surface area contributed by atoms with Gasteiger partial charge in [0.25, 0.3) is 0 Å². The van der Waals surface area contributed by atoms with Crippen molar-refractivity contribution >= 4 is 11.5 Å². The molecule has 0 bridgehead atoms. The minimum absolute atomic E-state index is 0.144. The van der Waals surface area contributed by atoms with Gasteiger partial charge in [0, 0.05) is 23.5 Å². The lowest BCUT2D eigenvalue weighted by atomic mass is 9.65. The average Bonchev–Trinajstić information content (AvgIpc) is 2.51. The predicted molar refractivity (Wildman–Crippen MR) is 82.2 cm³/mol. The van der Waals surface area contributed by atoms with E-state index in [9.17, 15) is 22.4 Å². The molecule has 24 heavy (non-hydrogen) atoms. The average molecular weight is 342 g/mol. The molecule has 0 spiro atoms. The van der Waals surface area contributed by atoms with Crippen LogP contribution in [0.2, 0.25) is 0 Å². The summed E-state index contributed by atoms with van der Waals surface area (Å²) in [5.74, 6) is -1.34. The van der Waals surface area contributed by atoms with Gasteiger partial charge in [0.1, 0.15) is 11.2 Å². The van der Waals surface area contributed by atoms with E-state index in [-0.39, 0.29) is 48.5 Å². The van der Waals surface area contributed by atoms with E-state index in [1.54, 1.807) is 6.92 Å². The molecular weight excluding hydrogens is 324 g/mol. The molecule has 1 aromatic carbocycles. The van der Waals surface area contributed by atoms with Crippen LogP contribution in [-0.4, -0.2) is 25.0 Å². The molecular formula is C17H18F4N2O. The van der Waals surface area contributed by atoms with Crippen molar-refractivity contribution in [3.63, 3.8) is 0 Å². The zero-order valence-electron chi connectivity index (χ0n) is 13.2. The Hall–Kier alpha value is -1.89. The normalized spacial score (nSPS) is 23.6. The largest absolute Gasteiger partial charge is 0.402 e. The highest BCUT2D eigenvalue weighted by Gasteiger charge is 2.62. The summed E-state index contributed by atoms with van der Waals surface area (Å²) in [4.78, 5) is 12.4. The number of Topliss-reactive ketones (excluding diaryl/α,β-unsaturated/α-hetero) is 1. The molecule has 0 saturated carbocycles. The monoisotopic (exact) mass is 342 g/mol. The lowest BCUT2D eigenvalue weighted by Gasteiger charge is -2.44. The van der Waals surface area contributed by atoms with Gasteiger partial charge in [-0.15, -0.1) is 0 Å². The molecule has 0 radical (unpaired) electrons. The molecule has 2 heterocycles. The predicted octanol–water partition coefficient (Wildman–Crippen LogP) is 3.67. The van der Waals surface area contributed by atoms with Crippen LogP contribution in [0.15, 0.2) is 29.5 Å². The molecule has 7 heteroatoms. The maximum absolute atomic E-state index is 14.3. The van der Waals surface area contributed by atoms with Crippen molar-refractivity contribution in [2.24, 2.45) is 0 Å². The first-order valence-corrected chi connectivity index (χ1v) is 7.92. The number of alkyl halides is 3. The Morgan fingerprint density at radius 1 is 1.25 bits per heavy atom. The van der Waals surface area contributed by atoms with Crippen molar-refractivity contribution < 1.29 is 22.4 Å². The number of hydrogen-bond donors (Lipinski definition) is 2. The molecule has 130 valence electrons. The molecule has 0 fully saturated rings. The first-order chi connectivity index (χ1) is 11.3. The van der Waals surface area contributed by atoms with Crippen LogP contribution in [0.5, 0.6) is 0 Å². The Bertz CT molecular complexity index is 711. The number of carbonyl (C=O) groups is 1. The van der Waals surface area contributed by atoms with Gasteiger partial charge >= 0.3 is 6.18 Å². The van der Waals surface area contributed by atoms with Gasteiger partial charge < -0.3 is 10.6 Å². The fraction of sp³-hybridized carbons (Fsp3) is 0.471. The van der Waals surface area contributed by atoms with E-state index < -0.39 is 23.2 Å². The van der Waals surface area contributed by atoms with Crippen LogP contribution >= 0.6 is 0 Å². The van der Waals surface area contributed by atoms with E-state index in [4.69, 9.17) is 0 Å². The summed E-state index contributed by atoms with van der Waals surface area (Å²) in [6.07, 6.45) is -4.13. The molecule has 2 aliphatic rings. The molecule has 3 rings (SSSR count). The highest BCUT2D eigenvalue weighted by molar-refractivity contribution is 6.03. The smallest absolute Gasteiger partial charge is 0.357 e. The highest BCUT2D eigenvalue weighted by Crippen LogP contribution is 2.55. The highest BCUT2D eigenvalue weighted by atomic mass is 19.4. The fourth-order valence-corrected chi connectivity index (χ4v) is 3.66. The number of hydrogen-bond acceptors (Lipinski definition) is 3. The van der Waals surface area contributed by atoms with Gasteiger partial charge in [0.2, 0.25) is 0 Å². The summed E-state index contributed by atoms with van der Waals surface area (Å²) in [5.41, 5.74) is -2.48. The Kier molecular flexibility index (Phi) is 4.15. The molecule has 3 nitrogen and oxygen atoms in total. The number of fused-ring (bicyclic) bond motifs is 1. The lowest BCUT2D eigenvalue weighted by molar-refractivity contribution is -0.184. The topological polar surface area (TPSA) is 41.1 Å². The molecule has 1 aromatic rings. The summed E-state index contributed by atoms with van der Waals surface area (Å²) >= 11 is 0. The van der Waals surface area contributed by atoms with Crippen LogP contribution in [-0.2, 0) is 10.2 Å². The minimum atomic E-state index is -4.69. The number of benzene rings is 1. The third-order valence-corrected chi connectivity index (χ3v) is 4.71. The molecule has 1 atom stereocenters. The van der Waals surface area contributed by atoms with Crippen molar-refractivity contribution in [2.45, 2.75) is 37.8 Å². The maximum atomic E-state index is 14.3. The Morgan fingerprint density at radius 2 is 2.00 bits per heavy atom. The van der Waals surface area contributed by atoms with E-state index in [0.717, 1.165) is 12.1 Å². The first-order valence-electron chi connectivity index (χ1n) is 7.92. The second-order valence-corrected chi connectivity index (χ2v) is 6.20. The van der Waals surface area contributed by atoms with Gasteiger partial charge in [-0.1, -0.05) is 19.8 Å². The second-order valence-electron chi connectivity index (χ2n) is 6.20. The Morgan fingerprint density at radius 3 is 2.67 bits per heavy atom. The molecule has 0 amide bonds. The summed E-state index contributed by atoms with van der Waals surface area (Å²) in [6, 6.07) is 3.33. The zero-order valence-corrected chi connectivity index (χ0v) is 13.2. The van der Waals surface area contributed by atoms with Crippen molar-refractivity contribution in [3.8, 4) is 0 Å². The Labute approximate surface area is 137 Å². The van der Waals surface area contributed by atoms with E-state index in [0.29, 0.717) is 6.42 Å². The maximum Gasteiger partial charge on any atom is 0.402 e. The van der Waals surface area contributed by atoms with Gasteiger partial charge in [-0.2, -0.15) is 13.2 Å². The van der Waals surface area contributed by atoms with Crippen LogP contribution in [0.25, 0.3) is 0 Å². The van der Waals surface area contributed by atoms with Gasteiger partial charge in [0.05, 0.1) is 6.54 Å². The number of ketones is 1. The molecule has 0 aliphatic carbocycles. The molecule has 2 aliphatic heterocycles. The van der Waals surface area contributed by atoms with Crippen LogP contribution in [0.1, 0.15) is 31.7 Å².